The lowest BCUT2D eigenvalue weighted by Gasteiger charge is -2.15. The topological polar surface area (TPSA) is 34.1 Å². The van der Waals surface area contributed by atoms with E-state index in [4.69, 9.17) is 4.74 Å². The predicted molar refractivity (Wildman–Crippen MR) is 75.1 cm³/mol. The number of nitrogens with zero attached hydrogens (tertiary/aromatic N) is 1. The number of ether oxygens (including phenoxy) is 1. The number of methoxy groups -OCH3 is 1. The summed E-state index contributed by atoms with van der Waals surface area (Å²) in [7, 11) is 1.47. The van der Waals surface area contributed by atoms with Crippen molar-refractivity contribution in [2.24, 2.45) is 0 Å². The number of aryl methyl sites for hydroxylation is 1. The largest absolute Gasteiger partial charge is 0.494 e. The molecule has 2 aromatic rings. The number of hydrogen-bond donors (Lipinski definition) is 1. The van der Waals surface area contributed by atoms with Gasteiger partial charge in [0.1, 0.15) is 0 Å². The zero-order valence-electron chi connectivity index (χ0n) is 11.2. The van der Waals surface area contributed by atoms with Crippen molar-refractivity contribution in [1.29, 1.82) is 0 Å². The molecule has 2 rings (SSSR count). The van der Waals surface area contributed by atoms with Gasteiger partial charge in [0, 0.05) is 17.5 Å². The molecule has 0 aliphatic heterocycles. The maximum atomic E-state index is 13.3. The molecule has 0 aliphatic rings. The first-order chi connectivity index (χ1) is 9.11. The lowest BCUT2D eigenvalue weighted by molar-refractivity contribution is 0.385. The lowest BCUT2D eigenvalue weighted by Crippen LogP contribution is -2.18. The molecule has 1 heterocycles. The van der Waals surface area contributed by atoms with Gasteiger partial charge in [0.25, 0.3) is 0 Å². The first-order valence-corrected chi connectivity index (χ1v) is 6.95. The molecule has 0 saturated carbocycles. The minimum Gasteiger partial charge on any atom is -0.494 e. The third-order valence-electron chi connectivity index (χ3n) is 3.09. The molecule has 102 valence electrons. The quantitative estimate of drug-likeness (QED) is 0.911. The molecule has 0 spiro atoms. The Labute approximate surface area is 116 Å². The number of hydrogen-bond acceptors (Lipinski definition) is 4. The Balaban J connectivity index is 2.03. The van der Waals surface area contributed by atoms with Crippen molar-refractivity contribution in [3.8, 4) is 5.75 Å². The van der Waals surface area contributed by atoms with Gasteiger partial charge in [0.2, 0.25) is 0 Å². The number of halogens is 1. The molecule has 5 heteroatoms. The van der Waals surface area contributed by atoms with Crippen molar-refractivity contribution < 1.29 is 9.13 Å². The molecule has 1 N–H and O–H groups in total. The van der Waals surface area contributed by atoms with E-state index in [0.717, 1.165) is 17.8 Å². The van der Waals surface area contributed by atoms with E-state index in [1.54, 1.807) is 23.5 Å². The monoisotopic (exact) mass is 280 g/mol. The normalized spacial score (nSPS) is 12.4. The van der Waals surface area contributed by atoms with Crippen LogP contribution in [-0.4, -0.2) is 12.1 Å². The van der Waals surface area contributed by atoms with E-state index < -0.39 is 0 Å². The number of rotatable bonds is 5. The summed E-state index contributed by atoms with van der Waals surface area (Å²) in [5.41, 5.74) is 3.90. The fourth-order valence-corrected chi connectivity index (χ4v) is 2.53. The van der Waals surface area contributed by atoms with Crippen LogP contribution in [0.3, 0.4) is 0 Å². The van der Waals surface area contributed by atoms with Crippen LogP contribution in [0.2, 0.25) is 0 Å². The second-order valence-corrected chi connectivity index (χ2v) is 5.30. The Morgan fingerprint density at radius 1 is 1.47 bits per heavy atom. The Bertz CT molecular complexity index is 556. The summed E-state index contributed by atoms with van der Waals surface area (Å²) in [6.45, 7) is 4.81. The molecule has 0 amide bonds. The lowest BCUT2D eigenvalue weighted by atomic mass is 10.1. The maximum Gasteiger partial charge on any atom is 0.165 e. The Morgan fingerprint density at radius 3 is 2.89 bits per heavy atom. The Morgan fingerprint density at radius 2 is 2.26 bits per heavy atom. The van der Waals surface area contributed by atoms with Crippen molar-refractivity contribution >= 4 is 11.3 Å². The van der Waals surface area contributed by atoms with Crippen molar-refractivity contribution in [1.82, 2.24) is 10.3 Å². The molecule has 1 aromatic carbocycles. The highest BCUT2D eigenvalue weighted by Gasteiger charge is 2.10. The average Bonchev–Trinajstić information content (AvgIpc) is 2.82. The highest BCUT2D eigenvalue weighted by atomic mass is 32.1. The summed E-state index contributed by atoms with van der Waals surface area (Å²) in [5, 5.41) is 3.41. The summed E-state index contributed by atoms with van der Waals surface area (Å²) in [4.78, 5) is 5.44. The van der Waals surface area contributed by atoms with Crippen LogP contribution in [-0.2, 0) is 6.54 Å². The zero-order chi connectivity index (χ0) is 13.8. The summed E-state index contributed by atoms with van der Waals surface area (Å²) >= 11 is 1.64. The minimum atomic E-state index is -0.336. The highest BCUT2D eigenvalue weighted by molar-refractivity contribution is 7.09. The van der Waals surface area contributed by atoms with E-state index in [1.165, 1.54) is 18.1 Å². The zero-order valence-corrected chi connectivity index (χ0v) is 12.1. The molecule has 1 unspecified atom stereocenters. The summed E-state index contributed by atoms with van der Waals surface area (Å²) in [5.74, 6) is -0.0585. The molecule has 0 saturated heterocycles. The van der Waals surface area contributed by atoms with E-state index in [9.17, 15) is 4.39 Å². The van der Waals surface area contributed by atoms with Crippen LogP contribution >= 0.6 is 11.3 Å². The summed E-state index contributed by atoms with van der Waals surface area (Å²) in [6.07, 6.45) is 0. The van der Waals surface area contributed by atoms with Gasteiger partial charge in [-0.2, -0.15) is 0 Å². The third kappa shape index (κ3) is 3.30. The van der Waals surface area contributed by atoms with E-state index in [0.29, 0.717) is 0 Å². The molecule has 3 nitrogen and oxygen atoms in total. The molecular formula is C14H17FN2OS. The number of benzene rings is 1. The third-order valence-corrected chi connectivity index (χ3v) is 4.02. The van der Waals surface area contributed by atoms with E-state index in [1.807, 2.05) is 19.4 Å². The minimum absolute atomic E-state index is 0.121. The Hall–Kier alpha value is -1.46. The SMILES string of the molecule is COc1cc(C(C)NCc2scnc2C)ccc1F. The van der Waals surface area contributed by atoms with Crippen molar-refractivity contribution in [2.75, 3.05) is 7.11 Å². The van der Waals surface area contributed by atoms with E-state index in [-0.39, 0.29) is 17.6 Å². The molecule has 0 aliphatic carbocycles. The van der Waals surface area contributed by atoms with Gasteiger partial charge in [0.05, 0.1) is 18.3 Å². The molecule has 19 heavy (non-hydrogen) atoms. The molecular weight excluding hydrogens is 263 g/mol. The van der Waals surface area contributed by atoms with Crippen LogP contribution in [0.5, 0.6) is 5.75 Å². The molecule has 1 atom stereocenters. The van der Waals surface area contributed by atoms with Crippen LogP contribution in [0, 0.1) is 12.7 Å². The van der Waals surface area contributed by atoms with Crippen LogP contribution in [0.25, 0.3) is 0 Å². The van der Waals surface area contributed by atoms with Crippen molar-refractivity contribution in [3.63, 3.8) is 0 Å². The van der Waals surface area contributed by atoms with E-state index in [2.05, 4.69) is 10.3 Å². The maximum absolute atomic E-state index is 13.3. The van der Waals surface area contributed by atoms with Crippen LogP contribution < -0.4 is 10.1 Å². The smallest absolute Gasteiger partial charge is 0.165 e. The number of thiazole rings is 1. The summed E-state index contributed by atoms with van der Waals surface area (Å²) in [6, 6.07) is 5.06. The second-order valence-electron chi connectivity index (χ2n) is 4.36. The fourth-order valence-electron chi connectivity index (χ4n) is 1.81. The predicted octanol–water partition coefficient (Wildman–Crippen LogP) is 3.45. The number of nitrogens with one attached hydrogen (secondary N) is 1. The van der Waals surface area contributed by atoms with Gasteiger partial charge < -0.3 is 10.1 Å². The van der Waals surface area contributed by atoms with Gasteiger partial charge in [-0.1, -0.05) is 6.07 Å². The van der Waals surface area contributed by atoms with Crippen LogP contribution in [0.1, 0.15) is 29.1 Å². The number of aromatic nitrogens is 1. The van der Waals surface area contributed by atoms with Crippen molar-refractivity contribution in [3.05, 3.63) is 45.7 Å². The molecule has 0 fully saturated rings. The van der Waals surface area contributed by atoms with Gasteiger partial charge in [-0.05, 0) is 31.5 Å². The fraction of sp³-hybridized carbons (Fsp3) is 0.357. The second kappa shape index (κ2) is 6.12. The van der Waals surface area contributed by atoms with Gasteiger partial charge >= 0.3 is 0 Å². The molecule has 1 aromatic heterocycles. The first-order valence-electron chi connectivity index (χ1n) is 6.07. The average molecular weight is 280 g/mol. The van der Waals surface area contributed by atoms with Gasteiger partial charge in [-0.15, -0.1) is 11.3 Å². The highest BCUT2D eigenvalue weighted by Crippen LogP contribution is 2.23. The first kappa shape index (κ1) is 14.0. The summed E-state index contributed by atoms with van der Waals surface area (Å²) < 4.78 is 18.3. The van der Waals surface area contributed by atoms with Crippen molar-refractivity contribution in [2.45, 2.75) is 26.4 Å². The Kier molecular flexibility index (Phi) is 4.50. The van der Waals surface area contributed by atoms with Gasteiger partial charge in [0.15, 0.2) is 11.6 Å². The molecule has 0 bridgehead atoms. The van der Waals surface area contributed by atoms with Gasteiger partial charge in [-0.25, -0.2) is 9.37 Å². The standard InChI is InChI=1S/C14H17FN2OS/c1-9(16-7-14-10(2)17-8-19-14)11-4-5-12(15)13(6-11)18-3/h4-6,8-9,16H,7H2,1-3H3. The van der Waals surface area contributed by atoms with E-state index >= 15 is 0 Å². The van der Waals surface area contributed by atoms with Gasteiger partial charge in [-0.3, -0.25) is 0 Å². The molecule has 0 radical (unpaired) electrons. The van der Waals surface area contributed by atoms with Crippen LogP contribution in [0.15, 0.2) is 23.7 Å². The van der Waals surface area contributed by atoms with Crippen LogP contribution in [0.4, 0.5) is 4.39 Å².